The molecule has 1 saturated heterocycles. The van der Waals surface area contributed by atoms with Gasteiger partial charge in [0.15, 0.2) is 0 Å². The van der Waals surface area contributed by atoms with E-state index in [1.165, 1.54) is 5.69 Å². The first-order valence-corrected chi connectivity index (χ1v) is 10.2. The molecule has 0 N–H and O–H groups in total. The van der Waals surface area contributed by atoms with Crippen LogP contribution in [0.25, 0.3) is 0 Å². The Hall–Kier alpha value is -1.75. The molecule has 27 heavy (non-hydrogen) atoms. The molecule has 0 radical (unpaired) electrons. The molecule has 0 saturated carbocycles. The average molecular weight is 404 g/mol. The van der Waals surface area contributed by atoms with Crippen molar-refractivity contribution in [1.82, 2.24) is 4.90 Å². The molecule has 1 fully saturated rings. The Bertz CT molecular complexity index is 834. The summed E-state index contributed by atoms with van der Waals surface area (Å²) >= 11 is 12.3. The molecule has 2 aromatic carbocycles. The maximum Gasteiger partial charge on any atom is 0.231 e. The van der Waals surface area contributed by atoms with E-state index in [2.05, 4.69) is 15.9 Å². The molecule has 2 heterocycles. The SMILES string of the molecule is O=C1Cc2c(Cl)cccc2N1CCCN1CCN(c2cccc(Cl)c2)CC1. The molecule has 2 aliphatic rings. The standard InChI is InChI=1S/C21H23Cl2N3O/c22-16-4-1-5-17(14-16)25-12-10-24(11-13-25)8-3-9-26-20-7-2-6-19(23)18(20)15-21(26)27/h1-2,4-7,14H,3,8-13,15H2. The van der Waals surface area contributed by atoms with Crippen molar-refractivity contribution in [2.45, 2.75) is 12.8 Å². The van der Waals surface area contributed by atoms with Gasteiger partial charge in [-0.2, -0.15) is 0 Å². The molecule has 0 aliphatic carbocycles. The highest BCUT2D eigenvalue weighted by atomic mass is 35.5. The Morgan fingerprint density at radius 1 is 0.926 bits per heavy atom. The van der Waals surface area contributed by atoms with E-state index in [0.29, 0.717) is 11.4 Å². The molecule has 4 rings (SSSR count). The molecule has 0 unspecified atom stereocenters. The van der Waals surface area contributed by atoms with Gasteiger partial charge in [0, 0.05) is 59.7 Å². The van der Waals surface area contributed by atoms with Gasteiger partial charge >= 0.3 is 0 Å². The second-order valence-corrected chi connectivity index (χ2v) is 7.97. The van der Waals surface area contributed by atoms with Gasteiger partial charge in [-0.3, -0.25) is 9.69 Å². The second-order valence-electron chi connectivity index (χ2n) is 7.12. The van der Waals surface area contributed by atoms with E-state index < -0.39 is 0 Å². The largest absolute Gasteiger partial charge is 0.369 e. The first-order valence-electron chi connectivity index (χ1n) is 9.42. The molecule has 0 aromatic heterocycles. The van der Waals surface area contributed by atoms with Crippen molar-refractivity contribution < 1.29 is 4.79 Å². The summed E-state index contributed by atoms with van der Waals surface area (Å²) in [5, 5.41) is 1.48. The molecular weight excluding hydrogens is 381 g/mol. The lowest BCUT2D eigenvalue weighted by atomic mass is 10.2. The van der Waals surface area contributed by atoms with Crippen LogP contribution in [0.4, 0.5) is 11.4 Å². The summed E-state index contributed by atoms with van der Waals surface area (Å²) in [6.45, 7) is 5.82. The Labute approximate surface area is 170 Å². The van der Waals surface area contributed by atoms with E-state index in [1.807, 2.05) is 41.3 Å². The third-order valence-corrected chi connectivity index (χ3v) is 6.00. The third kappa shape index (κ3) is 4.08. The minimum atomic E-state index is 0.156. The molecule has 142 valence electrons. The molecule has 1 amide bonds. The number of piperazine rings is 1. The Kier molecular flexibility index (Phi) is 5.58. The van der Waals surface area contributed by atoms with Gasteiger partial charge in [0.05, 0.1) is 6.42 Å². The van der Waals surface area contributed by atoms with Crippen LogP contribution >= 0.6 is 23.2 Å². The fourth-order valence-electron chi connectivity index (χ4n) is 3.96. The lowest BCUT2D eigenvalue weighted by Crippen LogP contribution is -2.47. The minimum absolute atomic E-state index is 0.156. The van der Waals surface area contributed by atoms with Crippen molar-refractivity contribution in [1.29, 1.82) is 0 Å². The fourth-order valence-corrected chi connectivity index (χ4v) is 4.38. The predicted octanol–water partition coefficient (Wildman–Crippen LogP) is 4.09. The van der Waals surface area contributed by atoms with Gasteiger partial charge in [-0.25, -0.2) is 0 Å². The maximum atomic E-state index is 12.3. The van der Waals surface area contributed by atoms with E-state index in [4.69, 9.17) is 23.2 Å². The number of hydrogen-bond acceptors (Lipinski definition) is 3. The maximum absolute atomic E-state index is 12.3. The number of carbonyl (C=O) groups is 1. The van der Waals surface area contributed by atoms with Crippen LogP contribution < -0.4 is 9.80 Å². The van der Waals surface area contributed by atoms with Gasteiger partial charge in [-0.05, 0) is 43.3 Å². The second kappa shape index (κ2) is 8.09. The number of hydrogen-bond donors (Lipinski definition) is 0. The molecule has 0 spiro atoms. The van der Waals surface area contributed by atoms with Gasteiger partial charge in [0.1, 0.15) is 0 Å². The minimum Gasteiger partial charge on any atom is -0.369 e. The van der Waals surface area contributed by atoms with Crippen molar-refractivity contribution in [3.63, 3.8) is 0 Å². The summed E-state index contributed by atoms with van der Waals surface area (Å²) in [7, 11) is 0. The highest BCUT2D eigenvalue weighted by molar-refractivity contribution is 6.32. The zero-order valence-electron chi connectivity index (χ0n) is 15.2. The lowest BCUT2D eigenvalue weighted by Gasteiger charge is -2.36. The molecule has 0 bridgehead atoms. The summed E-state index contributed by atoms with van der Waals surface area (Å²) in [6.07, 6.45) is 1.39. The molecule has 2 aliphatic heterocycles. The highest BCUT2D eigenvalue weighted by Gasteiger charge is 2.28. The summed E-state index contributed by atoms with van der Waals surface area (Å²) in [6, 6.07) is 13.8. The van der Waals surface area contributed by atoms with E-state index in [1.54, 1.807) is 0 Å². The molecule has 6 heteroatoms. The van der Waals surface area contributed by atoms with Crippen LogP contribution in [0.15, 0.2) is 42.5 Å². The quantitative estimate of drug-likeness (QED) is 0.751. The van der Waals surface area contributed by atoms with Gasteiger partial charge in [0.25, 0.3) is 0 Å². The van der Waals surface area contributed by atoms with Crippen LogP contribution in [0, 0.1) is 0 Å². The predicted molar refractivity (Wildman–Crippen MR) is 112 cm³/mol. The first-order chi connectivity index (χ1) is 13.1. The lowest BCUT2D eigenvalue weighted by molar-refractivity contribution is -0.117. The van der Waals surface area contributed by atoms with Gasteiger partial charge in [-0.1, -0.05) is 35.3 Å². The van der Waals surface area contributed by atoms with E-state index >= 15 is 0 Å². The van der Waals surface area contributed by atoms with Crippen LogP contribution in [-0.2, 0) is 11.2 Å². The van der Waals surface area contributed by atoms with Crippen molar-refractivity contribution in [2.24, 2.45) is 0 Å². The van der Waals surface area contributed by atoms with E-state index in [-0.39, 0.29) is 5.91 Å². The zero-order chi connectivity index (χ0) is 18.8. The van der Waals surface area contributed by atoms with Crippen molar-refractivity contribution >= 4 is 40.5 Å². The van der Waals surface area contributed by atoms with E-state index in [0.717, 1.165) is 62.0 Å². The van der Waals surface area contributed by atoms with Crippen LogP contribution in [0.2, 0.25) is 10.0 Å². The zero-order valence-corrected chi connectivity index (χ0v) is 16.7. The fraction of sp³-hybridized carbons (Fsp3) is 0.381. The van der Waals surface area contributed by atoms with Crippen LogP contribution in [-0.4, -0.2) is 50.1 Å². The van der Waals surface area contributed by atoms with Crippen molar-refractivity contribution in [3.05, 3.63) is 58.1 Å². The number of nitrogens with zero attached hydrogens (tertiary/aromatic N) is 3. The number of amides is 1. The Balaban J connectivity index is 1.27. The number of carbonyl (C=O) groups excluding carboxylic acids is 1. The average Bonchev–Trinajstić information content (AvgIpc) is 2.99. The summed E-state index contributed by atoms with van der Waals surface area (Å²) in [5.41, 5.74) is 3.15. The topological polar surface area (TPSA) is 26.8 Å². The first kappa shape index (κ1) is 18.6. The Morgan fingerprint density at radius 2 is 1.70 bits per heavy atom. The molecular formula is C21H23Cl2N3O. The summed E-state index contributed by atoms with van der Waals surface area (Å²) < 4.78 is 0. The number of benzene rings is 2. The Morgan fingerprint density at radius 3 is 2.48 bits per heavy atom. The van der Waals surface area contributed by atoms with Crippen LogP contribution in [0.1, 0.15) is 12.0 Å². The van der Waals surface area contributed by atoms with Gasteiger partial charge in [-0.15, -0.1) is 0 Å². The summed E-state index contributed by atoms with van der Waals surface area (Å²) in [5.74, 6) is 0.156. The molecule has 4 nitrogen and oxygen atoms in total. The van der Waals surface area contributed by atoms with Crippen molar-refractivity contribution in [2.75, 3.05) is 49.1 Å². The number of halogens is 2. The molecule has 2 aromatic rings. The van der Waals surface area contributed by atoms with Crippen molar-refractivity contribution in [3.8, 4) is 0 Å². The van der Waals surface area contributed by atoms with Gasteiger partial charge in [0.2, 0.25) is 5.91 Å². The monoisotopic (exact) mass is 403 g/mol. The number of rotatable bonds is 5. The summed E-state index contributed by atoms with van der Waals surface area (Å²) in [4.78, 5) is 19.1. The number of fused-ring (bicyclic) bond motifs is 1. The van der Waals surface area contributed by atoms with Gasteiger partial charge < -0.3 is 9.80 Å². The highest BCUT2D eigenvalue weighted by Crippen LogP contribution is 2.34. The van der Waals surface area contributed by atoms with Crippen LogP contribution in [0.5, 0.6) is 0 Å². The van der Waals surface area contributed by atoms with Crippen LogP contribution in [0.3, 0.4) is 0 Å². The van der Waals surface area contributed by atoms with E-state index in [9.17, 15) is 4.79 Å². The molecule has 0 atom stereocenters. The smallest absolute Gasteiger partial charge is 0.231 e. The normalized spacial score (nSPS) is 17.5. The third-order valence-electron chi connectivity index (χ3n) is 5.42. The number of anilines is 2.